The third-order valence-corrected chi connectivity index (χ3v) is 1.26. The molecular weight excluding hydrogens is 136 g/mol. The Labute approximate surface area is 57.7 Å². The average molecular weight is 144 g/mol. The molecule has 0 aromatic carbocycles. The zero-order valence-electron chi connectivity index (χ0n) is 5.50. The van der Waals surface area contributed by atoms with Crippen molar-refractivity contribution in [2.24, 2.45) is 0 Å². The number of cyclic esters (lactones) is 1. The van der Waals surface area contributed by atoms with Gasteiger partial charge in [-0.25, -0.2) is 4.79 Å². The topological polar surface area (TPSA) is 66.8 Å². The predicted molar refractivity (Wildman–Crippen MR) is 32.5 cm³/mol. The Morgan fingerprint density at radius 1 is 1.60 bits per heavy atom. The highest BCUT2D eigenvalue weighted by Crippen LogP contribution is 2.16. The van der Waals surface area contributed by atoms with Gasteiger partial charge in [0.2, 0.25) is 5.76 Å². The molecule has 0 aromatic rings. The second-order valence-electron chi connectivity index (χ2n) is 2.22. The lowest BCUT2D eigenvalue weighted by Gasteiger charge is -2.17. The molecule has 0 aliphatic carbocycles. The van der Waals surface area contributed by atoms with E-state index in [4.69, 9.17) is 10.2 Å². The first-order valence-electron chi connectivity index (χ1n) is 2.93. The lowest BCUT2D eigenvalue weighted by Crippen LogP contribution is -2.24. The summed E-state index contributed by atoms with van der Waals surface area (Å²) in [4.78, 5) is 10.5. The van der Waals surface area contributed by atoms with Crippen LogP contribution in [0.3, 0.4) is 0 Å². The number of ether oxygens (including phenoxy) is 1. The van der Waals surface area contributed by atoms with Crippen LogP contribution in [0.4, 0.5) is 0 Å². The van der Waals surface area contributed by atoms with Crippen molar-refractivity contribution in [3.05, 3.63) is 11.5 Å². The summed E-state index contributed by atoms with van der Waals surface area (Å²) in [5, 5.41) is 17.6. The van der Waals surface area contributed by atoms with Crippen LogP contribution in [0.5, 0.6) is 0 Å². The molecule has 0 radical (unpaired) electrons. The third kappa shape index (κ3) is 1.05. The number of aliphatic hydroxyl groups excluding tert-OH is 2. The van der Waals surface area contributed by atoms with Gasteiger partial charge in [-0.05, 0) is 6.92 Å². The second-order valence-corrected chi connectivity index (χ2v) is 2.22. The molecular formula is C6H8O4. The van der Waals surface area contributed by atoms with Gasteiger partial charge in [-0.2, -0.15) is 0 Å². The van der Waals surface area contributed by atoms with E-state index in [0.29, 0.717) is 0 Å². The molecule has 0 aromatic heterocycles. The maximum Gasteiger partial charge on any atom is 0.377 e. The molecule has 1 aliphatic heterocycles. The van der Waals surface area contributed by atoms with Gasteiger partial charge in [0.25, 0.3) is 0 Å². The highest BCUT2D eigenvalue weighted by molar-refractivity contribution is 5.87. The number of hydrogen-bond donors (Lipinski definition) is 2. The van der Waals surface area contributed by atoms with E-state index in [9.17, 15) is 4.79 Å². The molecule has 1 unspecified atom stereocenters. The Morgan fingerprint density at radius 2 is 2.20 bits per heavy atom. The molecule has 1 heterocycles. The minimum absolute atomic E-state index is 0.192. The van der Waals surface area contributed by atoms with Crippen molar-refractivity contribution in [3.8, 4) is 0 Å². The maximum atomic E-state index is 10.5. The quantitative estimate of drug-likeness (QED) is 0.490. The molecule has 0 saturated heterocycles. The van der Waals surface area contributed by atoms with Crippen molar-refractivity contribution in [2.45, 2.75) is 19.4 Å². The number of carbonyl (C=O) groups is 1. The van der Waals surface area contributed by atoms with Crippen molar-refractivity contribution >= 4 is 5.97 Å². The number of hydrogen-bond acceptors (Lipinski definition) is 4. The lowest BCUT2D eigenvalue weighted by molar-refractivity contribution is -0.149. The van der Waals surface area contributed by atoms with E-state index in [-0.39, 0.29) is 18.3 Å². The molecule has 0 fully saturated rings. The van der Waals surface area contributed by atoms with E-state index in [2.05, 4.69) is 4.74 Å². The molecule has 1 aliphatic rings. The van der Waals surface area contributed by atoms with Gasteiger partial charge >= 0.3 is 5.97 Å². The van der Waals surface area contributed by atoms with E-state index in [1.165, 1.54) is 0 Å². The Bertz CT molecular complexity index is 194. The molecule has 2 N–H and O–H groups in total. The van der Waals surface area contributed by atoms with Crippen LogP contribution in [0.25, 0.3) is 0 Å². The first-order valence-corrected chi connectivity index (χ1v) is 2.93. The Hall–Kier alpha value is -1.19. The van der Waals surface area contributed by atoms with Gasteiger partial charge < -0.3 is 14.9 Å². The fraction of sp³-hybridized carbons (Fsp3) is 0.500. The summed E-state index contributed by atoms with van der Waals surface area (Å²) >= 11 is 0. The van der Waals surface area contributed by atoms with Crippen LogP contribution in [0, 0.1) is 0 Å². The number of esters is 1. The monoisotopic (exact) mass is 144 g/mol. The third-order valence-electron chi connectivity index (χ3n) is 1.26. The molecule has 0 amide bonds. The minimum Gasteiger partial charge on any atom is -0.508 e. The molecule has 1 rings (SSSR count). The van der Waals surface area contributed by atoms with Gasteiger partial charge in [-0.3, -0.25) is 0 Å². The summed E-state index contributed by atoms with van der Waals surface area (Å²) in [7, 11) is 0. The van der Waals surface area contributed by atoms with E-state index in [1.807, 2.05) is 0 Å². The Morgan fingerprint density at radius 3 is 2.70 bits per heavy atom. The first-order chi connectivity index (χ1) is 4.61. The van der Waals surface area contributed by atoms with Crippen molar-refractivity contribution in [1.82, 2.24) is 0 Å². The SMILES string of the molecule is CC1CC(O)=C(O)C(=O)O1. The molecule has 0 spiro atoms. The predicted octanol–water partition coefficient (Wildman–Crippen LogP) is 0.649. The summed E-state index contributed by atoms with van der Waals surface area (Å²) in [6, 6.07) is 0. The fourth-order valence-corrected chi connectivity index (χ4v) is 0.767. The Kier molecular flexibility index (Phi) is 1.53. The van der Waals surface area contributed by atoms with Crippen LogP contribution < -0.4 is 0 Å². The van der Waals surface area contributed by atoms with E-state index < -0.39 is 11.7 Å². The standard InChI is InChI=1S/C6H8O4/c1-3-2-4(7)5(8)6(9)10-3/h3,7-8H,2H2,1H3. The Balaban J connectivity index is 2.85. The smallest absolute Gasteiger partial charge is 0.377 e. The zero-order valence-corrected chi connectivity index (χ0v) is 5.50. The first kappa shape index (κ1) is 6.92. The molecule has 0 bridgehead atoms. The highest BCUT2D eigenvalue weighted by atomic mass is 16.6. The molecule has 1 atom stereocenters. The van der Waals surface area contributed by atoms with Crippen LogP contribution in [-0.2, 0) is 9.53 Å². The van der Waals surface area contributed by atoms with E-state index in [1.54, 1.807) is 6.92 Å². The number of aliphatic hydroxyl groups is 2. The lowest BCUT2D eigenvalue weighted by atomic mass is 10.2. The van der Waals surface area contributed by atoms with Gasteiger partial charge in [-0.15, -0.1) is 0 Å². The van der Waals surface area contributed by atoms with Crippen molar-refractivity contribution < 1.29 is 19.7 Å². The largest absolute Gasteiger partial charge is 0.508 e. The van der Waals surface area contributed by atoms with Crippen LogP contribution >= 0.6 is 0 Å². The number of rotatable bonds is 0. The average Bonchev–Trinajstić information content (AvgIpc) is 1.82. The molecule has 56 valence electrons. The summed E-state index contributed by atoms with van der Waals surface area (Å²) in [5.74, 6) is -1.81. The van der Waals surface area contributed by atoms with Crippen LogP contribution in [-0.4, -0.2) is 22.3 Å². The van der Waals surface area contributed by atoms with Gasteiger partial charge in [0.15, 0.2) is 0 Å². The summed E-state index contributed by atoms with van der Waals surface area (Å²) < 4.78 is 4.56. The highest BCUT2D eigenvalue weighted by Gasteiger charge is 2.25. The van der Waals surface area contributed by atoms with Crippen molar-refractivity contribution in [3.63, 3.8) is 0 Å². The zero-order chi connectivity index (χ0) is 7.72. The molecule has 0 saturated carbocycles. The van der Waals surface area contributed by atoms with Crippen LogP contribution in [0.15, 0.2) is 11.5 Å². The molecule has 4 nitrogen and oxygen atoms in total. The van der Waals surface area contributed by atoms with E-state index in [0.717, 1.165) is 0 Å². The maximum absolute atomic E-state index is 10.5. The van der Waals surface area contributed by atoms with Crippen molar-refractivity contribution in [1.29, 1.82) is 0 Å². The van der Waals surface area contributed by atoms with Gasteiger partial charge in [0.05, 0.1) is 0 Å². The van der Waals surface area contributed by atoms with Crippen LogP contribution in [0.1, 0.15) is 13.3 Å². The summed E-state index contributed by atoms with van der Waals surface area (Å²) in [6.45, 7) is 1.64. The fourth-order valence-electron chi connectivity index (χ4n) is 0.767. The molecule has 10 heavy (non-hydrogen) atoms. The van der Waals surface area contributed by atoms with Gasteiger partial charge in [0, 0.05) is 6.42 Å². The summed E-state index contributed by atoms with van der Waals surface area (Å²) in [6.07, 6.45) is -0.152. The normalized spacial score (nSPS) is 26.5. The number of carbonyl (C=O) groups excluding carboxylic acids is 1. The van der Waals surface area contributed by atoms with Gasteiger partial charge in [0.1, 0.15) is 11.9 Å². The van der Waals surface area contributed by atoms with Gasteiger partial charge in [-0.1, -0.05) is 0 Å². The second kappa shape index (κ2) is 2.21. The van der Waals surface area contributed by atoms with E-state index >= 15 is 0 Å². The van der Waals surface area contributed by atoms with Crippen molar-refractivity contribution in [2.75, 3.05) is 0 Å². The minimum atomic E-state index is -0.851. The van der Waals surface area contributed by atoms with Crippen LogP contribution in [0.2, 0.25) is 0 Å². The summed E-state index contributed by atoms with van der Waals surface area (Å²) in [5.41, 5.74) is 0. The molecule has 4 heteroatoms.